The number of carbonyl (C=O) groups excluding carboxylic acids is 1. The van der Waals surface area contributed by atoms with E-state index >= 15 is 0 Å². The summed E-state index contributed by atoms with van der Waals surface area (Å²) in [4.78, 5) is 22.9. The maximum atomic E-state index is 12.8. The predicted octanol–water partition coefficient (Wildman–Crippen LogP) is 15.7. The predicted molar refractivity (Wildman–Crippen MR) is 281 cm³/mol. The summed E-state index contributed by atoms with van der Waals surface area (Å²) < 4.78 is 23.3. The second kappa shape index (κ2) is 46.8. The minimum absolute atomic E-state index is 0.0589. The highest BCUT2D eigenvalue weighted by Crippen LogP contribution is 2.43. The molecule has 376 valence electrons. The van der Waals surface area contributed by atoms with Gasteiger partial charge >= 0.3 is 7.82 Å². The molecule has 0 heterocycles. The van der Waals surface area contributed by atoms with Crippen LogP contribution in [-0.2, 0) is 18.4 Å². The number of carbonyl (C=O) groups is 1. The molecule has 0 spiro atoms. The van der Waals surface area contributed by atoms with Crippen LogP contribution in [0.2, 0.25) is 0 Å². The Morgan fingerprint density at radius 1 is 0.538 bits per heavy atom. The summed E-state index contributed by atoms with van der Waals surface area (Å²) >= 11 is 0. The number of phosphoric acid groups is 1. The normalized spacial score (nSPS) is 14.8. The Morgan fingerprint density at radius 2 is 0.923 bits per heavy atom. The molecule has 0 saturated carbocycles. The molecule has 0 aromatic heterocycles. The summed E-state index contributed by atoms with van der Waals surface area (Å²) in [5.41, 5.74) is 0. The van der Waals surface area contributed by atoms with E-state index in [0.717, 1.165) is 77.0 Å². The quantitative estimate of drug-likeness (QED) is 0.0243. The van der Waals surface area contributed by atoms with E-state index in [1.165, 1.54) is 116 Å². The number of nitrogens with one attached hydrogen (secondary N) is 1. The van der Waals surface area contributed by atoms with Gasteiger partial charge in [0.1, 0.15) is 13.2 Å². The van der Waals surface area contributed by atoms with Gasteiger partial charge in [-0.2, -0.15) is 0 Å². The van der Waals surface area contributed by atoms with Gasteiger partial charge in [0.15, 0.2) is 0 Å². The number of quaternary nitrogens is 1. The highest BCUT2D eigenvalue weighted by atomic mass is 31.2. The SMILES string of the molecule is CC/C=C\C/C=C\C/C=C\C/C=C\C/C=C\C/C=C\CCCCCCCCCCCCCCCCCCCCCCC(=O)NC(COP(=O)(O)OCC[N+](C)(C)C)C(O)/C=C/CCCC. The van der Waals surface area contributed by atoms with Gasteiger partial charge in [0.05, 0.1) is 39.9 Å². The third-order valence-electron chi connectivity index (χ3n) is 11.4. The first-order valence-electron chi connectivity index (χ1n) is 26.5. The van der Waals surface area contributed by atoms with Crippen molar-refractivity contribution in [3.63, 3.8) is 0 Å². The number of amides is 1. The molecule has 8 nitrogen and oxygen atoms in total. The number of aliphatic hydroxyl groups is 1. The largest absolute Gasteiger partial charge is 0.472 e. The Balaban J connectivity index is 3.72. The lowest BCUT2D eigenvalue weighted by Crippen LogP contribution is -2.45. The second-order valence-corrected chi connectivity index (χ2v) is 20.3. The van der Waals surface area contributed by atoms with Crippen LogP contribution in [-0.4, -0.2) is 73.4 Å². The minimum atomic E-state index is -4.32. The lowest BCUT2D eigenvalue weighted by molar-refractivity contribution is -0.870. The molecule has 0 rings (SSSR count). The van der Waals surface area contributed by atoms with Crippen molar-refractivity contribution in [2.45, 2.75) is 225 Å². The van der Waals surface area contributed by atoms with Crippen LogP contribution in [0.5, 0.6) is 0 Å². The highest BCUT2D eigenvalue weighted by Gasteiger charge is 2.27. The number of hydrogen-bond acceptors (Lipinski definition) is 5. The summed E-state index contributed by atoms with van der Waals surface area (Å²) in [7, 11) is 1.56. The van der Waals surface area contributed by atoms with Crippen LogP contribution in [0.25, 0.3) is 0 Å². The Morgan fingerprint density at radius 3 is 1.34 bits per heavy atom. The first-order valence-corrected chi connectivity index (χ1v) is 28.0. The van der Waals surface area contributed by atoms with Crippen molar-refractivity contribution in [1.29, 1.82) is 0 Å². The first-order chi connectivity index (χ1) is 31.5. The van der Waals surface area contributed by atoms with Crippen LogP contribution in [0, 0.1) is 0 Å². The molecule has 0 aliphatic heterocycles. The van der Waals surface area contributed by atoms with Gasteiger partial charge in [-0.1, -0.05) is 227 Å². The number of aliphatic hydroxyl groups excluding tert-OH is 1. The Kier molecular flexibility index (Phi) is 45.1. The molecule has 3 unspecified atom stereocenters. The van der Waals surface area contributed by atoms with Crippen LogP contribution >= 0.6 is 7.82 Å². The molecule has 0 aliphatic carbocycles. The second-order valence-electron chi connectivity index (χ2n) is 18.9. The number of allylic oxidation sites excluding steroid dienone is 13. The molecule has 0 radical (unpaired) electrons. The molecule has 3 atom stereocenters. The van der Waals surface area contributed by atoms with Gasteiger partial charge in [0.2, 0.25) is 5.91 Å². The fourth-order valence-electron chi connectivity index (χ4n) is 7.21. The van der Waals surface area contributed by atoms with E-state index in [0.29, 0.717) is 17.4 Å². The van der Waals surface area contributed by atoms with Crippen molar-refractivity contribution in [1.82, 2.24) is 5.32 Å². The molecular weight excluding hydrogens is 828 g/mol. The summed E-state index contributed by atoms with van der Waals surface area (Å²) in [6, 6.07) is -0.843. The van der Waals surface area contributed by atoms with Gasteiger partial charge in [0, 0.05) is 6.42 Å². The van der Waals surface area contributed by atoms with Gasteiger partial charge in [0.25, 0.3) is 0 Å². The third kappa shape index (κ3) is 49.4. The van der Waals surface area contributed by atoms with Crippen molar-refractivity contribution in [3.8, 4) is 0 Å². The molecule has 0 fully saturated rings. The molecule has 0 bridgehead atoms. The van der Waals surface area contributed by atoms with Gasteiger partial charge < -0.3 is 19.8 Å². The van der Waals surface area contributed by atoms with Crippen molar-refractivity contribution in [3.05, 3.63) is 85.1 Å². The number of hydrogen-bond donors (Lipinski definition) is 3. The average molecular weight is 930 g/mol. The van der Waals surface area contributed by atoms with Crippen LogP contribution in [0.4, 0.5) is 0 Å². The zero-order chi connectivity index (χ0) is 47.8. The first kappa shape index (κ1) is 62.7. The zero-order valence-electron chi connectivity index (χ0n) is 42.7. The van der Waals surface area contributed by atoms with E-state index < -0.39 is 20.0 Å². The standard InChI is InChI=1S/C56H101N2O6P/c1-6-8-10-12-13-14-15-16-17-18-19-20-21-22-23-24-25-26-27-28-29-30-31-32-33-34-35-36-37-38-39-40-41-42-43-44-45-46-48-50-56(60)57-54(55(59)49-47-11-9-7-2)53-64-65(61,62)63-52-51-58(3,4)5/h8,10,13-14,16-17,19-20,22-23,25-26,47,49,54-55,59H,6-7,9,11-12,15,18,21,24,27-46,48,50-53H2,1-5H3,(H-,57,60,61,62)/p+1/b10-8-,14-13-,17-16-,20-19-,23-22-,26-25-,49-47+. The van der Waals surface area contributed by atoms with E-state index in [2.05, 4.69) is 92.1 Å². The van der Waals surface area contributed by atoms with Gasteiger partial charge in [-0.05, 0) is 64.2 Å². The Hall–Kier alpha value is -2.32. The van der Waals surface area contributed by atoms with E-state index in [1.807, 2.05) is 27.2 Å². The molecular formula is C56H102N2O6P+. The maximum Gasteiger partial charge on any atom is 0.472 e. The van der Waals surface area contributed by atoms with Crippen molar-refractivity contribution in [2.75, 3.05) is 40.9 Å². The van der Waals surface area contributed by atoms with Gasteiger partial charge in [-0.3, -0.25) is 13.8 Å². The Labute approximate surface area is 401 Å². The highest BCUT2D eigenvalue weighted by molar-refractivity contribution is 7.47. The van der Waals surface area contributed by atoms with Crippen LogP contribution in [0.1, 0.15) is 213 Å². The fraction of sp³-hybridized carbons (Fsp3) is 0.732. The number of rotatable bonds is 47. The lowest BCUT2D eigenvalue weighted by Gasteiger charge is -2.25. The van der Waals surface area contributed by atoms with Crippen LogP contribution in [0.3, 0.4) is 0 Å². The number of nitrogens with zero attached hydrogens (tertiary/aromatic N) is 1. The monoisotopic (exact) mass is 930 g/mol. The van der Waals surface area contributed by atoms with E-state index in [-0.39, 0.29) is 19.1 Å². The Bertz CT molecular complexity index is 1330. The van der Waals surface area contributed by atoms with Crippen LogP contribution < -0.4 is 5.32 Å². The van der Waals surface area contributed by atoms with E-state index in [9.17, 15) is 19.4 Å². The summed E-state index contributed by atoms with van der Waals surface area (Å²) in [5, 5.41) is 13.6. The molecule has 0 aliphatic rings. The number of unbranched alkanes of at least 4 members (excludes halogenated alkanes) is 22. The number of phosphoric ester groups is 1. The molecule has 0 aromatic rings. The third-order valence-corrected chi connectivity index (χ3v) is 12.4. The van der Waals surface area contributed by atoms with Gasteiger partial charge in [-0.15, -0.1) is 0 Å². The number of likely N-dealkylation sites (N-methyl/N-ethyl adjacent to an activating group) is 1. The molecule has 0 saturated heterocycles. The molecule has 9 heteroatoms. The summed E-state index contributed by atoms with van der Waals surface area (Å²) in [5.74, 6) is -0.187. The summed E-state index contributed by atoms with van der Waals surface area (Å²) in [6.45, 7) is 4.54. The molecule has 3 N–H and O–H groups in total. The van der Waals surface area contributed by atoms with Gasteiger partial charge in [-0.25, -0.2) is 4.57 Å². The van der Waals surface area contributed by atoms with E-state index in [1.54, 1.807) is 6.08 Å². The summed E-state index contributed by atoms with van der Waals surface area (Å²) in [6.07, 6.45) is 66.3. The smallest absolute Gasteiger partial charge is 0.387 e. The molecule has 0 aromatic carbocycles. The topological polar surface area (TPSA) is 105 Å². The average Bonchev–Trinajstić information content (AvgIpc) is 3.26. The van der Waals surface area contributed by atoms with Crippen molar-refractivity contribution >= 4 is 13.7 Å². The molecule has 1 amide bonds. The van der Waals surface area contributed by atoms with E-state index in [4.69, 9.17) is 9.05 Å². The van der Waals surface area contributed by atoms with Crippen molar-refractivity contribution < 1.29 is 32.9 Å². The zero-order valence-corrected chi connectivity index (χ0v) is 43.6. The van der Waals surface area contributed by atoms with Crippen molar-refractivity contribution in [2.24, 2.45) is 0 Å². The lowest BCUT2D eigenvalue weighted by atomic mass is 10.0. The molecule has 65 heavy (non-hydrogen) atoms. The minimum Gasteiger partial charge on any atom is -0.387 e. The fourth-order valence-corrected chi connectivity index (χ4v) is 7.94. The maximum absolute atomic E-state index is 12.8. The van der Waals surface area contributed by atoms with Crippen LogP contribution in [0.15, 0.2) is 85.1 Å².